The number of aryl methyl sites for hydroxylation is 1. The van der Waals surface area contributed by atoms with Crippen LogP contribution in [0.15, 0.2) is 51.8 Å². The third-order valence-corrected chi connectivity index (χ3v) is 5.30. The summed E-state index contributed by atoms with van der Waals surface area (Å²) in [6.07, 6.45) is 0. The second-order valence-corrected chi connectivity index (χ2v) is 7.31. The Morgan fingerprint density at radius 3 is 2.69 bits per heavy atom. The normalized spacial score (nSPS) is 11.0. The van der Waals surface area contributed by atoms with Gasteiger partial charge in [-0.1, -0.05) is 18.2 Å². The highest BCUT2D eigenvalue weighted by atomic mass is 79.9. The molecule has 0 spiro atoms. The number of carbonyl (C=O) groups is 1. The van der Waals surface area contributed by atoms with Crippen molar-refractivity contribution in [3.05, 3.63) is 58.2 Å². The van der Waals surface area contributed by atoms with Crippen LogP contribution in [0.25, 0.3) is 10.9 Å². The van der Waals surface area contributed by atoms with E-state index in [1.807, 2.05) is 41.9 Å². The van der Waals surface area contributed by atoms with E-state index in [0.29, 0.717) is 21.1 Å². The number of aromatic nitrogens is 1. The topological polar surface area (TPSA) is 60.7 Å². The Bertz CT molecular complexity index is 940. The molecular formula is C19H18BrNO4S. The maximum atomic E-state index is 12.5. The van der Waals surface area contributed by atoms with E-state index in [1.165, 1.54) is 12.0 Å². The van der Waals surface area contributed by atoms with E-state index in [4.69, 9.17) is 8.92 Å². The second kappa shape index (κ2) is 8.16. The fourth-order valence-corrected chi connectivity index (χ4v) is 3.63. The lowest BCUT2D eigenvalue weighted by molar-refractivity contribution is 0.0525. The van der Waals surface area contributed by atoms with Crippen molar-refractivity contribution >= 4 is 44.8 Å². The Morgan fingerprint density at radius 1 is 1.27 bits per heavy atom. The molecule has 3 aromatic rings. The van der Waals surface area contributed by atoms with Crippen molar-refractivity contribution in [2.75, 3.05) is 6.61 Å². The van der Waals surface area contributed by atoms with Gasteiger partial charge < -0.3 is 18.6 Å². The number of carbonyl (C=O) groups excluding carboxylic acids is 1. The summed E-state index contributed by atoms with van der Waals surface area (Å²) < 4.78 is 13.4. The first-order valence-corrected chi connectivity index (χ1v) is 9.57. The number of esters is 1. The van der Waals surface area contributed by atoms with Gasteiger partial charge >= 0.3 is 5.97 Å². The summed E-state index contributed by atoms with van der Waals surface area (Å²) in [5.74, 6) is -0.358. The summed E-state index contributed by atoms with van der Waals surface area (Å²) in [5.41, 5.74) is 1.92. The van der Waals surface area contributed by atoms with E-state index in [1.54, 1.807) is 19.1 Å². The Kier molecular flexibility index (Phi) is 5.90. The molecule has 1 aromatic heterocycles. The van der Waals surface area contributed by atoms with Gasteiger partial charge in [0.1, 0.15) is 12.4 Å². The van der Waals surface area contributed by atoms with Crippen LogP contribution >= 0.6 is 28.0 Å². The number of nitrogens with zero attached hydrogens (tertiary/aromatic N) is 1. The minimum atomic E-state index is -0.428. The zero-order valence-corrected chi connectivity index (χ0v) is 16.8. The lowest BCUT2D eigenvalue weighted by atomic mass is 10.1. The summed E-state index contributed by atoms with van der Waals surface area (Å²) in [6, 6.07) is 13.1. The summed E-state index contributed by atoms with van der Waals surface area (Å²) in [4.78, 5) is 13.5. The molecule has 0 bridgehead atoms. The number of aromatic hydroxyl groups is 1. The number of hydrogen-bond acceptors (Lipinski definition) is 5. The number of rotatable bonds is 6. The van der Waals surface area contributed by atoms with Crippen molar-refractivity contribution in [1.82, 2.24) is 4.57 Å². The molecular weight excluding hydrogens is 418 g/mol. The number of benzene rings is 2. The van der Waals surface area contributed by atoms with E-state index in [0.717, 1.165) is 10.4 Å². The Balaban J connectivity index is 1.98. The molecule has 0 aliphatic rings. The Labute approximate surface area is 164 Å². The van der Waals surface area contributed by atoms with E-state index in [2.05, 4.69) is 15.9 Å². The highest BCUT2D eigenvalue weighted by Gasteiger charge is 2.23. The minimum absolute atomic E-state index is 0.0692. The summed E-state index contributed by atoms with van der Waals surface area (Å²) in [7, 11) is 1.86. The van der Waals surface area contributed by atoms with Crippen LogP contribution in [0, 0.1) is 0 Å². The molecule has 0 radical (unpaired) electrons. The smallest absolute Gasteiger partial charge is 0.340 e. The quantitative estimate of drug-likeness (QED) is 0.433. The first kappa shape index (κ1) is 18.8. The lowest BCUT2D eigenvalue weighted by Gasteiger charge is -2.08. The van der Waals surface area contributed by atoms with Crippen LogP contribution < -0.4 is 0 Å². The average Bonchev–Trinajstić information content (AvgIpc) is 2.89. The molecule has 0 aliphatic carbocycles. The first-order valence-electron chi connectivity index (χ1n) is 8.04. The van der Waals surface area contributed by atoms with Gasteiger partial charge in [-0.2, -0.15) is 0 Å². The van der Waals surface area contributed by atoms with Crippen molar-refractivity contribution in [2.24, 2.45) is 7.05 Å². The molecule has 0 atom stereocenters. The molecule has 0 saturated heterocycles. The molecule has 1 N–H and O–H groups in total. The molecule has 0 saturated carbocycles. The van der Waals surface area contributed by atoms with Crippen LogP contribution in [0.5, 0.6) is 5.75 Å². The number of phenolic OH excluding ortho intramolecular Hbond substituents is 1. The molecule has 0 aliphatic heterocycles. The zero-order chi connectivity index (χ0) is 18.7. The standard InChI is InChI=1S/C19H18BrNO4S/c1-3-24-19(23)18-13-9-17(22)14(20)10-15(13)21(2)16(18)11-25-26-12-7-5-4-6-8-12/h4-10,22H,3,11H2,1-2H3. The van der Waals surface area contributed by atoms with E-state index in [9.17, 15) is 9.90 Å². The first-order chi connectivity index (χ1) is 12.5. The van der Waals surface area contributed by atoms with Crippen molar-refractivity contribution in [2.45, 2.75) is 18.4 Å². The monoisotopic (exact) mass is 435 g/mol. The highest BCUT2D eigenvalue weighted by molar-refractivity contribution is 9.10. The maximum absolute atomic E-state index is 12.5. The van der Waals surface area contributed by atoms with E-state index < -0.39 is 5.97 Å². The van der Waals surface area contributed by atoms with Gasteiger partial charge in [-0.3, -0.25) is 0 Å². The average molecular weight is 436 g/mol. The fraction of sp³-hybridized carbons (Fsp3) is 0.211. The molecule has 5 nitrogen and oxygen atoms in total. The van der Waals surface area contributed by atoms with Gasteiger partial charge in [-0.05, 0) is 47.1 Å². The largest absolute Gasteiger partial charge is 0.507 e. The lowest BCUT2D eigenvalue weighted by Crippen LogP contribution is -2.09. The Morgan fingerprint density at radius 2 is 2.00 bits per heavy atom. The van der Waals surface area contributed by atoms with Gasteiger partial charge in [0, 0.05) is 29.4 Å². The second-order valence-electron chi connectivity index (χ2n) is 5.58. The molecule has 2 aromatic carbocycles. The van der Waals surface area contributed by atoms with Crippen LogP contribution in [-0.4, -0.2) is 22.2 Å². The number of phenols is 1. The zero-order valence-electron chi connectivity index (χ0n) is 14.4. The third-order valence-electron chi connectivity index (χ3n) is 3.96. The Hall–Kier alpha value is -1.96. The van der Waals surface area contributed by atoms with Gasteiger partial charge in [0.2, 0.25) is 0 Å². The van der Waals surface area contributed by atoms with Gasteiger partial charge in [-0.15, -0.1) is 0 Å². The minimum Gasteiger partial charge on any atom is -0.507 e. The van der Waals surface area contributed by atoms with Crippen LogP contribution in [0.1, 0.15) is 23.0 Å². The summed E-state index contributed by atoms with van der Waals surface area (Å²) in [6.45, 7) is 2.26. The fourth-order valence-electron chi connectivity index (χ4n) is 2.73. The van der Waals surface area contributed by atoms with Crippen LogP contribution in [0.4, 0.5) is 0 Å². The van der Waals surface area contributed by atoms with Gasteiger partial charge in [0.25, 0.3) is 0 Å². The van der Waals surface area contributed by atoms with E-state index >= 15 is 0 Å². The SMILES string of the molecule is CCOC(=O)c1c(COSc2ccccc2)n(C)c2cc(Br)c(O)cc12. The van der Waals surface area contributed by atoms with Crippen molar-refractivity contribution < 1.29 is 18.8 Å². The molecule has 3 rings (SSSR count). The molecule has 1 heterocycles. The van der Waals surface area contributed by atoms with Crippen molar-refractivity contribution in [3.8, 4) is 5.75 Å². The molecule has 136 valence electrons. The predicted octanol–water partition coefficient (Wildman–Crippen LogP) is 5.05. The van der Waals surface area contributed by atoms with E-state index in [-0.39, 0.29) is 19.0 Å². The van der Waals surface area contributed by atoms with Crippen LogP contribution in [0.3, 0.4) is 0 Å². The van der Waals surface area contributed by atoms with Crippen LogP contribution in [0.2, 0.25) is 0 Å². The van der Waals surface area contributed by atoms with Gasteiger partial charge in [0.05, 0.1) is 27.9 Å². The van der Waals surface area contributed by atoms with Crippen LogP contribution in [-0.2, 0) is 22.6 Å². The van der Waals surface area contributed by atoms with Crippen molar-refractivity contribution in [3.63, 3.8) is 0 Å². The number of halogens is 1. The number of hydrogen-bond donors (Lipinski definition) is 1. The summed E-state index contributed by atoms with van der Waals surface area (Å²) >= 11 is 4.57. The molecule has 0 fully saturated rings. The van der Waals surface area contributed by atoms with Gasteiger partial charge in [-0.25, -0.2) is 4.79 Å². The highest BCUT2D eigenvalue weighted by Crippen LogP contribution is 2.35. The van der Waals surface area contributed by atoms with Crippen molar-refractivity contribution in [1.29, 1.82) is 0 Å². The molecule has 26 heavy (non-hydrogen) atoms. The maximum Gasteiger partial charge on any atom is 0.340 e. The third kappa shape index (κ3) is 3.75. The van der Waals surface area contributed by atoms with Gasteiger partial charge in [0.15, 0.2) is 0 Å². The summed E-state index contributed by atoms with van der Waals surface area (Å²) in [5, 5.41) is 10.7. The number of ether oxygens (including phenoxy) is 1. The molecule has 0 amide bonds. The molecule has 0 unspecified atom stereocenters. The number of fused-ring (bicyclic) bond motifs is 1. The molecule has 7 heteroatoms. The predicted molar refractivity (Wildman–Crippen MR) is 105 cm³/mol.